The molecule has 0 aliphatic carbocycles. The van der Waals surface area contributed by atoms with E-state index in [0.717, 1.165) is 0 Å². The Morgan fingerprint density at radius 2 is 1.72 bits per heavy atom. The van der Waals surface area contributed by atoms with E-state index in [0.29, 0.717) is 5.69 Å². The van der Waals surface area contributed by atoms with E-state index in [9.17, 15) is 18.0 Å². The number of hydrogen-bond donors (Lipinski definition) is 1. The number of halogens is 3. The fourth-order valence-electron chi connectivity index (χ4n) is 2.18. The number of carbonyl (C=O) groups is 1. The minimum Gasteiger partial charge on any atom is -0.451 e. The van der Waals surface area contributed by atoms with Crippen LogP contribution in [0.25, 0.3) is 11.3 Å². The summed E-state index contributed by atoms with van der Waals surface area (Å²) >= 11 is 0. The van der Waals surface area contributed by atoms with Crippen LogP contribution in [0.15, 0.2) is 65.1 Å². The summed E-state index contributed by atoms with van der Waals surface area (Å²) in [4.78, 5) is 12.2. The van der Waals surface area contributed by atoms with Gasteiger partial charge in [0.25, 0.3) is 5.91 Å². The highest BCUT2D eigenvalue weighted by Crippen LogP contribution is 2.25. The van der Waals surface area contributed by atoms with Gasteiger partial charge in [0.2, 0.25) is 0 Å². The first-order valence-corrected chi connectivity index (χ1v) is 7.24. The number of amides is 1. The number of ether oxygens (including phenoxy) is 1. The smallest absolute Gasteiger partial charge is 0.387 e. The summed E-state index contributed by atoms with van der Waals surface area (Å²) in [6.45, 7) is -2.92. The number of nitrogens with one attached hydrogen (secondary N) is 1. The second-order valence-corrected chi connectivity index (χ2v) is 5.00. The molecule has 0 fully saturated rings. The maximum Gasteiger partial charge on any atom is 0.387 e. The Labute approximate surface area is 140 Å². The van der Waals surface area contributed by atoms with E-state index < -0.39 is 18.3 Å². The standard InChI is InChI=1S/C18H12F3NO3/c19-14-4-2-1-3-13(14)15-9-10-16(25-15)17(23)22-11-5-7-12(8-6-11)24-18(20)21/h1-10,18H,(H,22,23). The van der Waals surface area contributed by atoms with Crippen LogP contribution in [0.4, 0.5) is 18.9 Å². The molecule has 1 heterocycles. The van der Waals surface area contributed by atoms with Crippen molar-refractivity contribution in [3.63, 3.8) is 0 Å². The molecule has 4 nitrogen and oxygen atoms in total. The summed E-state index contributed by atoms with van der Waals surface area (Å²) < 4.78 is 47.5. The zero-order valence-electron chi connectivity index (χ0n) is 12.7. The van der Waals surface area contributed by atoms with Gasteiger partial charge in [-0.2, -0.15) is 8.78 Å². The van der Waals surface area contributed by atoms with Gasteiger partial charge in [0, 0.05) is 5.69 Å². The minimum absolute atomic E-state index is 0.00819. The highest BCUT2D eigenvalue weighted by Gasteiger charge is 2.14. The third-order valence-electron chi connectivity index (χ3n) is 3.31. The van der Waals surface area contributed by atoms with Gasteiger partial charge in [0.15, 0.2) is 5.76 Å². The predicted octanol–water partition coefficient (Wildman–Crippen LogP) is 4.94. The van der Waals surface area contributed by atoms with Crippen molar-refractivity contribution in [2.75, 3.05) is 5.32 Å². The molecule has 1 amide bonds. The number of benzene rings is 2. The third kappa shape index (κ3) is 4.00. The van der Waals surface area contributed by atoms with Gasteiger partial charge >= 0.3 is 6.61 Å². The summed E-state index contributed by atoms with van der Waals surface area (Å²) in [7, 11) is 0. The second kappa shape index (κ2) is 7.12. The molecule has 0 bridgehead atoms. The Morgan fingerprint density at radius 1 is 1.00 bits per heavy atom. The molecule has 0 radical (unpaired) electrons. The van der Waals surface area contributed by atoms with E-state index in [-0.39, 0.29) is 22.8 Å². The summed E-state index contributed by atoms with van der Waals surface area (Å²) in [5, 5.41) is 2.55. The fraction of sp³-hybridized carbons (Fsp3) is 0.0556. The van der Waals surface area contributed by atoms with Crippen molar-refractivity contribution in [1.82, 2.24) is 0 Å². The van der Waals surface area contributed by atoms with Gasteiger partial charge in [0.1, 0.15) is 17.3 Å². The van der Waals surface area contributed by atoms with Crippen LogP contribution in [0.3, 0.4) is 0 Å². The lowest BCUT2D eigenvalue weighted by Crippen LogP contribution is -2.10. The van der Waals surface area contributed by atoms with E-state index >= 15 is 0 Å². The molecular weight excluding hydrogens is 335 g/mol. The Kier molecular flexibility index (Phi) is 4.74. The zero-order chi connectivity index (χ0) is 17.8. The van der Waals surface area contributed by atoms with Crippen molar-refractivity contribution in [1.29, 1.82) is 0 Å². The molecule has 2 aromatic carbocycles. The van der Waals surface area contributed by atoms with E-state index in [1.165, 1.54) is 48.5 Å². The van der Waals surface area contributed by atoms with Crippen LogP contribution < -0.4 is 10.1 Å². The molecule has 0 spiro atoms. The molecule has 3 aromatic rings. The third-order valence-corrected chi connectivity index (χ3v) is 3.31. The monoisotopic (exact) mass is 347 g/mol. The largest absolute Gasteiger partial charge is 0.451 e. The summed E-state index contributed by atoms with van der Waals surface area (Å²) in [5.74, 6) is -0.813. The average molecular weight is 347 g/mol. The normalized spacial score (nSPS) is 10.7. The number of hydrogen-bond acceptors (Lipinski definition) is 3. The quantitative estimate of drug-likeness (QED) is 0.711. The molecule has 1 N–H and O–H groups in total. The average Bonchev–Trinajstić information content (AvgIpc) is 3.06. The van der Waals surface area contributed by atoms with E-state index in [1.807, 2.05) is 0 Å². The topological polar surface area (TPSA) is 51.5 Å². The van der Waals surface area contributed by atoms with Gasteiger partial charge in [-0.3, -0.25) is 4.79 Å². The number of rotatable bonds is 5. The van der Waals surface area contributed by atoms with Crippen LogP contribution >= 0.6 is 0 Å². The summed E-state index contributed by atoms with van der Waals surface area (Å²) in [6.07, 6.45) is 0. The molecule has 0 saturated carbocycles. The second-order valence-electron chi connectivity index (χ2n) is 5.00. The minimum atomic E-state index is -2.92. The van der Waals surface area contributed by atoms with Gasteiger partial charge < -0.3 is 14.5 Å². The van der Waals surface area contributed by atoms with Crippen LogP contribution in [-0.4, -0.2) is 12.5 Å². The van der Waals surface area contributed by atoms with Gasteiger partial charge in [0.05, 0.1) is 5.56 Å². The Balaban J connectivity index is 1.71. The van der Waals surface area contributed by atoms with Crippen LogP contribution in [0.5, 0.6) is 5.75 Å². The predicted molar refractivity (Wildman–Crippen MR) is 85.1 cm³/mol. The van der Waals surface area contributed by atoms with Crippen molar-refractivity contribution < 1.29 is 27.1 Å². The molecular formula is C18H12F3NO3. The van der Waals surface area contributed by atoms with Crippen molar-refractivity contribution >= 4 is 11.6 Å². The van der Waals surface area contributed by atoms with Crippen molar-refractivity contribution in [3.8, 4) is 17.1 Å². The molecule has 0 unspecified atom stereocenters. The van der Waals surface area contributed by atoms with Crippen LogP contribution in [0.2, 0.25) is 0 Å². The first-order valence-electron chi connectivity index (χ1n) is 7.24. The molecule has 0 atom stereocenters. The van der Waals surface area contributed by atoms with Crippen molar-refractivity contribution in [3.05, 3.63) is 72.2 Å². The van der Waals surface area contributed by atoms with Gasteiger partial charge in [-0.05, 0) is 48.5 Å². The van der Waals surface area contributed by atoms with Crippen molar-refractivity contribution in [2.24, 2.45) is 0 Å². The molecule has 3 rings (SSSR count). The number of carbonyl (C=O) groups excluding carboxylic acids is 1. The highest BCUT2D eigenvalue weighted by atomic mass is 19.3. The lowest BCUT2D eigenvalue weighted by molar-refractivity contribution is -0.0498. The van der Waals surface area contributed by atoms with Gasteiger partial charge in [-0.15, -0.1) is 0 Å². The number of furan rings is 1. The molecule has 0 saturated heterocycles. The van der Waals surface area contributed by atoms with E-state index in [2.05, 4.69) is 10.1 Å². The summed E-state index contributed by atoms with van der Waals surface area (Å²) in [5.41, 5.74) is 0.616. The molecule has 1 aromatic heterocycles. The van der Waals surface area contributed by atoms with Crippen molar-refractivity contribution in [2.45, 2.75) is 6.61 Å². The lowest BCUT2D eigenvalue weighted by Gasteiger charge is -2.06. The molecule has 0 aliphatic rings. The highest BCUT2D eigenvalue weighted by molar-refractivity contribution is 6.02. The molecule has 128 valence electrons. The Morgan fingerprint density at radius 3 is 2.40 bits per heavy atom. The van der Waals surface area contributed by atoms with Gasteiger partial charge in [-0.25, -0.2) is 4.39 Å². The van der Waals surface area contributed by atoms with E-state index in [4.69, 9.17) is 4.42 Å². The first-order chi connectivity index (χ1) is 12.0. The maximum absolute atomic E-state index is 13.7. The SMILES string of the molecule is O=C(Nc1ccc(OC(F)F)cc1)c1ccc(-c2ccccc2F)o1. The molecule has 7 heteroatoms. The summed E-state index contributed by atoms with van der Waals surface area (Å²) in [6, 6.07) is 14.4. The first kappa shape index (κ1) is 16.6. The molecule has 25 heavy (non-hydrogen) atoms. The number of anilines is 1. The van der Waals surface area contributed by atoms with Crippen LogP contribution in [-0.2, 0) is 0 Å². The van der Waals surface area contributed by atoms with Crippen LogP contribution in [0.1, 0.15) is 10.6 Å². The Hall–Kier alpha value is -3.22. The lowest BCUT2D eigenvalue weighted by atomic mass is 10.1. The van der Waals surface area contributed by atoms with Crippen LogP contribution in [0, 0.1) is 5.82 Å². The van der Waals surface area contributed by atoms with E-state index in [1.54, 1.807) is 12.1 Å². The molecule has 0 aliphatic heterocycles. The van der Waals surface area contributed by atoms with Gasteiger partial charge in [-0.1, -0.05) is 12.1 Å². The zero-order valence-corrected chi connectivity index (χ0v) is 12.7. The Bertz CT molecular complexity index is 875. The maximum atomic E-state index is 13.7. The number of alkyl halides is 2. The fourth-order valence-corrected chi connectivity index (χ4v) is 2.18.